The van der Waals surface area contributed by atoms with Crippen molar-refractivity contribution in [3.63, 3.8) is 0 Å². The number of unbranched alkanes of at least 4 members (excludes halogenated alkanes) is 2. The third-order valence-corrected chi connectivity index (χ3v) is 3.04. The van der Waals surface area contributed by atoms with Gasteiger partial charge in [-0.05, 0) is 25.8 Å². The quantitative estimate of drug-likeness (QED) is 0.654. The Morgan fingerprint density at radius 2 is 2.12 bits per heavy atom. The first kappa shape index (κ1) is 14.0. The molecule has 1 rings (SSSR count). The summed E-state index contributed by atoms with van der Waals surface area (Å²) in [5, 5.41) is 2.85. The van der Waals surface area contributed by atoms with Crippen LogP contribution >= 0.6 is 0 Å². The number of likely N-dealkylation sites (tertiary alicyclic amines) is 1. The molecule has 1 atom stereocenters. The molecular weight excluding hydrogens is 218 g/mol. The summed E-state index contributed by atoms with van der Waals surface area (Å²) in [6.45, 7) is 3.63. The Bertz CT molecular complexity index is 268. The van der Waals surface area contributed by atoms with E-state index in [4.69, 9.17) is 5.73 Å². The number of nitrogens with two attached hydrogens (primary N) is 1. The molecule has 3 N–H and O–H groups in total. The predicted molar refractivity (Wildman–Crippen MR) is 66.3 cm³/mol. The second-order valence-corrected chi connectivity index (χ2v) is 4.63. The van der Waals surface area contributed by atoms with Gasteiger partial charge in [0.1, 0.15) is 0 Å². The zero-order valence-corrected chi connectivity index (χ0v) is 10.6. The first-order valence-corrected chi connectivity index (χ1v) is 6.38. The van der Waals surface area contributed by atoms with Gasteiger partial charge in [-0.3, -0.25) is 9.59 Å². The molecule has 5 heteroatoms. The molecule has 0 aromatic heterocycles. The maximum atomic E-state index is 11.8. The number of carbonyl (C=O) groups excluding carboxylic acids is 2. The summed E-state index contributed by atoms with van der Waals surface area (Å²) in [7, 11) is 0. The predicted octanol–water partition coefficient (Wildman–Crippen LogP) is 0.243. The summed E-state index contributed by atoms with van der Waals surface area (Å²) in [6.07, 6.45) is 4.39. The lowest BCUT2D eigenvalue weighted by Crippen LogP contribution is -2.37. The molecule has 2 amide bonds. The monoisotopic (exact) mass is 241 g/mol. The fourth-order valence-corrected chi connectivity index (χ4v) is 2.15. The van der Waals surface area contributed by atoms with Gasteiger partial charge in [0, 0.05) is 32.5 Å². The Morgan fingerprint density at radius 1 is 1.35 bits per heavy atom. The van der Waals surface area contributed by atoms with Gasteiger partial charge in [-0.15, -0.1) is 0 Å². The maximum Gasteiger partial charge on any atom is 0.222 e. The van der Waals surface area contributed by atoms with Crippen molar-refractivity contribution in [1.82, 2.24) is 10.2 Å². The molecule has 1 fully saturated rings. The van der Waals surface area contributed by atoms with E-state index in [-0.39, 0.29) is 17.9 Å². The average molecular weight is 241 g/mol. The molecule has 1 aliphatic rings. The third-order valence-electron chi connectivity index (χ3n) is 3.04. The van der Waals surface area contributed by atoms with Crippen molar-refractivity contribution in [1.29, 1.82) is 0 Å². The van der Waals surface area contributed by atoms with Gasteiger partial charge in [-0.25, -0.2) is 0 Å². The molecule has 98 valence electrons. The molecule has 0 aromatic carbocycles. The molecule has 0 radical (unpaired) electrons. The van der Waals surface area contributed by atoms with Gasteiger partial charge >= 0.3 is 0 Å². The molecule has 1 saturated heterocycles. The van der Waals surface area contributed by atoms with E-state index in [0.29, 0.717) is 19.5 Å². The lowest BCUT2D eigenvalue weighted by Gasteiger charge is -2.16. The lowest BCUT2D eigenvalue weighted by molar-refractivity contribution is -0.130. The van der Waals surface area contributed by atoms with Crippen LogP contribution in [0.3, 0.4) is 0 Å². The van der Waals surface area contributed by atoms with Gasteiger partial charge in [0.05, 0.1) is 0 Å². The van der Waals surface area contributed by atoms with Gasteiger partial charge in [0.25, 0.3) is 0 Å². The zero-order chi connectivity index (χ0) is 12.7. The van der Waals surface area contributed by atoms with Crippen molar-refractivity contribution < 1.29 is 9.59 Å². The number of nitrogens with zero attached hydrogens (tertiary/aromatic N) is 1. The topological polar surface area (TPSA) is 75.4 Å². The molecule has 17 heavy (non-hydrogen) atoms. The van der Waals surface area contributed by atoms with E-state index in [9.17, 15) is 9.59 Å². The van der Waals surface area contributed by atoms with E-state index >= 15 is 0 Å². The normalized spacial score (nSPS) is 19.4. The van der Waals surface area contributed by atoms with Crippen molar-refractivity contribution in [2.24, 2.45) is 5.73 Å². The molecule has 1 aliphatic heterocycles. The standard InChI is InChI=1S/C12H23N3O2/c1-10(16)14-11-6-8-15(9-11)12(17)5-3-2-4-7-13/h11H,2-9,13H2,1H3,(H,14,16). The highest BCUT2D eigenvalue weighted by Gasteiger charge is 2.25. The fourth-order valence-electron chi connectivity index (χ4n) is 2.15. The fraction of sp³-hybridized carbons (Fsp3) is 0.833. The van der Waals surface area contributed by atoms with E-state index in [1.807, 2.05) is 4.90 Å². The zero-order valence-electron chi connectivity index (χ0n) is 10.6. The van der Waals surface area contributed by atoms with Gasteiger partial charge < -0.3 is 16.0 Å². The summed E-state index contributed by atoms with van der Waals surface area (Å²) >= 11 is 0. The second kappa shape index (κ2) is 7.27. The van der Waals surface area contributed by atoms with Crippen LogP contribution in [0.4, 0.5) is 0 Å². The highest BCUT2D eigenvalue weighted by molar-refractivity contribution is 5.77. The van der Waals surface area contributed by atoms with Crippen molar-refractivity contribution in [2.75, 3.05) is 19.6 Å². The highest BCUT2D eigenvalue weighted by Crippen LogP contribution is 2.12. The van der Waals surface area contributed by atoms with Gasteiger partial charge in [-0.2, -0.15) is 0 Å². The summed E-state index contributed by atoms with van der Waals surface area (Å²) in [5.74, 6) is 0.183. The van der Waals surface area contributed by atoms with E-state index in [2.05, 4.69) is 5.32 Å². The Balaban J connectivity index is 2.18. The van der Waals surface area contributed by atoms with E-state index < -0.39 is 0 Å². The molecule has 5 nitrogen and oxygen atoms in total. The van der Waals surface area contributed by atoms with Crippen molar-refractivity contribution >= 4 is 11.8 Å². The Hall–Kier alpha value is -1.10. The number of nitrogens with one attached hydrogen (secondary N) is 1. The number of rotatable bonds is 6. The Kier molecular flexibility index (Phi) is 5.97. The second-order valence-electron chi connectivity index (χ2n) is 4.63. The van der Waals surface area contributed by atoms with Crippen LogP contribution in [0.5, 0.6) is 0 Å². The summed E-state index contributed by atoms with van der Waals surface area (Å²) in [6, 6.07) is 0.139. The smallest absolute Gasteiger partial charge is 0.222 e. The van der Waals surface area contributed by atoms with Crippen molar-refractivity contribution in [3.8, 4) is 0 Å². The number of hydrogen-bond donors (Lipinski definition) is 2. The van der Waals surface area contributed by atoms with Gasteiger partial charge in [0.15, 0.2) is 0 Å². The van der Waals surface area contributed by atoms with Crippen LogP contribution in [0, 0.1) is 0 Å². The average Bonchev–Trinajstić information content (AvgIpc) is 2.71. The van der Waals surface area contributed by atoms with E-state index in [1.54, 1.807) is 0 Å². The van der Waals surface area contributed by atoms with Crippen LogP contribution in [-0.4, -0.2) is 42.4 Å². The molecular formula is C12H23N3O2. The van der Waals surface area contributed by atoms with Crippen LogP contribution in [0.15, 0.2) is 0 Å². The lowest BCUT2D eigenvalue weighted by atomic mass is 10.2. The van der Waals surface area contributed by atoms with Crippen LogP contribution < -0.4 is 11.1 Å². The minimum Gasteiger partial charge on any atom is -0.352 e. The molecule has 0 bridgehead atoms. The Morgan fingerprint density at radius 3 is 2.76 bits per heavy atom. The molecule has 0 saturated carbocycles. The Labute approximate surface area is 103 Å². The van der Waals surface area contributed by atoms with Crippen LogP contribution in [0.1, 0.15) is 39.0 Å². The SMILES string of the molecule is CC(=O)NC1CCN(C(=O)CCCCCN)C1. The first-order valence-electron chi connectivity index (χ1n) is 6.38. The largest absolute Gasteiger partial charge is 0.352 e. The summed E-state index contributed by atoms with van der Waals surface area (Å²) < 4.78 is 0. The van der Waals surface area contributed by atoms with Gasteiger partial charge in [-0.1, -0.05) is 6.42 Å². The first-order chi connectivity index (χ1) is 8.13. The maximum absolute atomic E-state index is 11.8. The van der Waals surface area contributed by atoms with E-state index in [0.717, 1.165) is 32.2 Å². The third kappa shape index (κ3) is 5.17. The van der Waals surface area contributed by atoms with Crippen LogP contribution in [0.2, 0.25) is 0 Å². The molecule has 0 aromatic rings. The number of carbonyl (C=O) groups is 2. The number of amides is 2. The van der Waals surface area contributed by atoms with Gasteiger partial charge in [0.2, 0.25) is 11.8 Å². The minimum absolute atomic E-state index is 0.0211. The molecule has 0 aliphatic carbocycles. The molecule has 0 spiro atoms. The van der Waals surface area contributed by atoms with E-state index in [1.165, 1.54) is 6.92 Å². The summed E-state index contributed by atoms with van der Waals surface area (Å²) in [5.41, 5.74) is 5.40. The highest BCUT2D eigenvalue weighted by atomic mass is 16.2. The van der Waals surface area contributed by atoms with Crippen molar-refractivity contribution in [3.05, 3.63) is 0 Å². The number of hydrogen-bond acceptors (Lipinski definition) is 3. The minimum atomic E-state index is -0.0211. The molecule has 1 unspecified atom stereocenters. The molecule has 1 heterocycles. The van der Waals surface area contributed by atoms with Crippen molar-refractivity contribution in [2.45, 2.75) is 45.1 Å². The van der Waals surface area contributed by atoms with Crippen LogP contribution in [-0.2, 0) is 9.59 Å². The van der Waals surface area contributed by atoms with Crippen LogP contribution in [0.25, 0.3) is 0 Å². The summed E-state index contributed by atoms with van der Waals surface area (Å²) in [4.78, 5) is 24.6.